The van der Waals surface area contributed by atoms with Gasteiger partial charge in [0.25, 0.3) is 0 Å². The lowest BCUT2D eigenvalue weighted by Gasteiger charge is -2.10. The molecule has 2 nitrogen and oxygen atoms in total. The molecule has 0 aliphatic heterocycles. The molecule has 0 amide bonds. The topological polar surface area (TPSA) is 26.3 Å². The number of rotatable bonds is 6. The highest BCUT2D eigenvalue weighted by atomic mass is 32.1. The lowest BCUT2D eigenvalue weighted by Crippen LogP contribution is -2.02. The van der Waals surface area contributed by atoms with Crippen molar-refractivity contribution in [2.24, 2.45) is 0 Å². The second-order valence-corrected chi connectivity index (χ2v) is 5.02. The predicted octanol–water partition coefficient (Wildman–Crippen LogP) is 3.67. The molecular formula is C15H16O2S. The average Bonchev–Trinajstić information content (AvgIpc) is 2.90. The van der Waals surface area contributed by atoms with Gasteiger partial charge in [-0.25, -0.2) is 0 Å². The molecule has 1 unspecified atom stereocenters. The zero-order chi connectivity index (χ0) is 12.8. The molecule has 0 fully saturated rings. The van der Waals surface area contributed by atoms with E-state index < -0.39 is 0 Å². The van der Waals surface area contributed by atoms with Crippen LogP contribution in [0.4, 0.5) is 0 Å². The highest BCUT2D eigenvalue weighted by Gasteiger charge is 2.12. The summed E-state index contributed by atoms with van der Waals surface area (Å²) in [4.78, 5) is 12.3. The third kappa shape index (κ3) is 3.20. The monoisotopic (exact) mass is 260 g/mol. The number of carbonyl (C=O) groups is 1. The molecule has 1 heterocycles. The SMILES string of the molecule is CCOc1cccc(CC(C=O)c2cccs2)c1. The molecule has 0 aliphatic carbocycles. The minimum atomic E-state index is -0.0538. The first kappa shape index (κ1) is 12.8. The Kier molecular flexibility index (Phi) is 4.53. The molecule has 0 radical (unpaired) electrons. The summed E-state index contributed by atoms with van der Waals surface area (Å²) in [5, 5.41) is 2.00. The summed E-state index contributed by atoms with van der Waals surface area (Å²) in [6, 6.07) is 11.9. The zero-order valence-corrected chi connectivity index (χ0v) is 11.2. The van der Waals surface area contributed by atoms with E-state index >= 15 is 0 Å². The van der Waals surface area contributed by atoms with Crippen LogP contribution in [0.1, 0.15) is 23.3 Å². The Morgan fingerprint density at radius 2 is 2.22 bits per heavy atom. The van der Waals surface area contributed by atoms with Gasteiger partial charge < -0.3 is 9.53 Å². The van der Waals surface area contributed by atoms with Crippen molar-refractivity contribution in [1.29, 1.82) is 0 Å². The third-order valence-electron chi connectivity index (χ3n) is 2.74. The van der Waals surface area contributed by atoms with E-state index in [9.17, 15) is 4.79 Å². The van der Waals surface area contributed by atoms with Crippen molar-refractivity contribution in [2.45, 2.75) is 19.3 Å². The molecule has 1 atom stereocenters. The minimum absolute atomic E-state index is 0.0538. The van der Waals surface area contributed by atoms with E-state index in [1.165, 1.54) is 0 Å². The zero-order valence-electron chi connectivity index (χ0n) is 10.3. The van der Waals surface area contributed by atoms with Crippen LogP contribution in [-0.4, -0.2) is 12.9 Å². The van der Waals surface area contributed by atoms with E-state index in [0.29, 0.717) is 6.61 Å². The van der Waals surface area contributed by atoms with Crippen molar-refractivity contribution in [3.05, 3.63) is 52.2 Å². The molecular weight excluding hydrogens is 244 g/mol. The second-order valence-electron chi connectivity index (χ2n) is 4.04. The summed E-state index contributed by atoms with van der Waals surface area (Å²) >= 11 is 1.63. The van der Waals surface area contributed by atoms with Crippen LogP contribution in [0.5, 0.6) is 5.75 Å². The summed E-state index contributed by atoms with van der Waals surface area (Å²) in [5.74, 6) is 0.813. The number of benzene rings is 1. The predicted molar refractivity (Wildman–Crippen MR) is 74.4 cm³/mol. The number of ether oxygens (including phenoxy) is 1. The summed E-state index contributed by atoms with van der Waals surface area (Å²) in [5.41, 5.74) is 1.13. The quantitative estimate of drug-likeness (QED) is 0.741. The number of aldehydes is 1. The maximum absolute atomic E-state index is 11.2. The minimum Gasteiger partial charge on any atom is -0.494 e. The average molecular weight is 260 g/mol. The van der Waals surface area contributed by atoms with E-state index in [1.807, 2.05) is 48.7 Å². The van der Waals surface area contributed by atoms with Gasteiger partial charge in [-0.05, 0) is 42.5 Å². The molecule has 0 bridgehead atoms. The summed E-state index contributed by atoms with van der Waals surface area (Å²) in [6.07, 6.45) is 1.75. The largest absolute Gasteiger partial charge is 0.494 e. The normalized spacial score (nSPS) is 12.1. The van der Waals surface area contributed by atoms with Crippen LogP contribution in [0.2, 0.25) is 0 Å². The Hall–Kier alpha value is -1.61. The molecule has 1 aromatic carbocycles. The molecule has 1 aromatic heterocycles. The Morgan fingerprint density at radius 3 is 2.89 bits per heavy atom. The lowest BCUT2D eigenvalue weighted by molar-refractivity contribution is -0.109. The van der Waals surface area contributed by atoms with Crippen molar-refractivity contribution in [1.82, 2.24) is 0 Å². The van der Waals surface area contributed by atoms with Gasteiger partial charge in [0, 0.05) is 4.88 Å². The van der Waals surface area contributed by atoms with E-state index in [1.54, 1.807) is 11.3 Å². The highest BCUT2D eigenvalue weighted by Crippen LogP contribution is 2.24. The first-order valence-electron chi connectivity index (χ1n) is 6.04. The molecule has 0 aliphatic rings. The van der Waals surface area contributed by atoms with E-state index in [4.69, 9.17) is 4.74 Å². The van der Waals surface area contributed by atoms with Gasteiger partial charge in [-0.2, -0.15) is 0 Å². The highest BCUT2D eigenvalue weighted by molar-refractivity contribution is 7.10. The van der Waals surface area contributed by atoms with E-state index in [0.717, 1.165) is 28.9 Å². The van der Waals surface area contributed by atoms with E-state index in [-0.39, 0.29) is 5.92 Å². The van der Waals surface area contributed by atoms with Crippen molar-refractivity contribution >= 4 is 17.6 Å². The van der Waals surface area contributed by atoms with Gasteiger partial charge in [0.2, 0.25) is 0 Å². The van der Waals surface area contributed by atoms with Crippen molar-refractivity contribution in [3.63, 3.8) is 0 Å². The Balaban J connectivity index is 2.12. The van der Waals surface area contributed by atoms with Gasteiger partial charge in [-0.3, -0.25) is 0 Å². The van der Waals surface area contributed by atoms with Crippen LogP contribution in [0, 0.1) is 0 Å². The fraction of sp³-hybridized carbons (Fsp3) is 0.267. The van der Waals surface area contributed by atoms with Gasteiger partial charge in [-0.15, -0.1) is 11.3 Å². The fourth-order valence-corrected chi connectivity index (χ4v) is 2.69. The molecule has 94 valence electrons. The molecule has 18 heavy (non-hydrogen) atoms. The fourth-order valence-electron chi connectivity index (χ4n) is 1.90. The van der Waals surface area contributed by atoms with Crippen molar-refractivity contribution in [2.75, 3.05) is 6.61 Å². The standard InChI is InChI=1S/C15H16O2S/c1-2-17-14-6-3-5-12(10-14)9-13(11-16)15-7-4-8-18-15/h3-8,10-11,13H,2,9H2,1H3. The lowest BCUT2D eigenvalue weighted by atomic mass is 9.99. The van der Waals surface area contributed by atoms with Crippen molar-refractivity contribution < 1.29 is 9.53 Å². The van der Waals surface area contributed by atoms with Gasteiger partial charge >= 0.3 is 0 Å². The summed E-state index contributed by atoms with van der Waals surface area (Å²) in [6.45, 7) is 2.62. The van der Waals surface area contributed by atoms with Crippen LogP contribution in [-0.2, 0) is 11.2 Å². The maximum Gasteiger partial charge on any atom is 0.128 e. The van der Waals surface area contributed by atoms with Gasteiger partial charge in [0.1, 0.15) is 12.0 Å². The van der Waals surface area contributed by atoms with Crippen LogP contribution < -0.4 is 4.74 Å². The van der Waals surface area contributed by atoms with Gasteiger partial charge in [0.05, 0.1) is 12.5 Å². The van der Waals surface area contributed by atoms with Crippen molar-refractivity contribution in [3.8, 4) is 5.75 Å². The van der Waals surface area contributed by atoms with Crippen LogP contribution in [0.3, 0.4) is 0 Å². The molecule has 0 spiro atoms. The van der Waals surface area contributed by atoms with Crippen LogP contribution in [0.25, 0.3) is 0 Å². The first-order chi connectivity index (χ1) is 8.83. The Morgan fingerprint density at radius 1 is 1.33 bits per heavy atom. The molecule has 0 saturated heterocycles. The van der Waals surface area contributed by atoms with Gasteiger partial charge in [0.15, 0.2) is 0 Å². The molecule has 0 saturated carbocycles. The second kappa shape index (κ2) is 6.36. The maximum atomic E-state index is 11.2. The van der Waals surface area contributed by atoms with E-state index in [2.05, 4.69) is 0 Å². The molecule has 0 N–H and O–H groups in total. The summed E-state index contributed by atoms with van der Waals surface area (Å²) < 4.78 is 5.47. The number of carbonyl (C=O) groups excluding carboxylic acids is 1. The first-order valence-corrected chi connectivity index (χ1v) is 6.92. The molecule has 2 rings (SSSR count). The van der Waals surface area contributed by atoms with Crippen LogP contribution in [0.15, 0.2) is 41.8 Å². The number of thiophene rings is 1. The summed E-state index contributed by atoms with van der Waals surface area (Å²) in [7, 11) is 0. The third-order valence-corrected chi connectivity index (χ3v) is 3.74. The number of hydrogen-bond donors (Lipinski definition) is 0. The molecule has 3 heteroatoms. The molecule has 2 aromatic rings. The smallest absolute Gasteiger partial charge is 0.128 e. The van der Waals surface area contributed by atoms with Crippen LogP contribution >= 0.6 is 11.3 Å². The number of hydrogen-bond acceptors (Lipinski definition) is 3. The Labute approximate surface area is 111 Å². The Bertz CT molecular complexity index is 491. The van der Waals surface area contributed by atoms with Gasteiger partial charge in [-0.1, -0.05) is 18.2 Å².